The number of nitrogens with zero attached hydrogens (tertiary/aromatic N) is 4. The molecule has 0 saturated carbocycles. The summed E-state index contributed by atoms with van der Waals surface area (Å²) >= 11 is 0. The summed E-state index contributed by atoms with van der Waals surface area (Å²) in [6.45, 7) is 19.4. The molecule has 0 amide bonds. The topological polar surface area (TPSA) is 204 Å². The summed E-state index contributed by atoms with van der Waals surface area (Å²) in [6, 6.07) is 25.5. The van der Waals surface area contributed by atoms with Gasteiger partial charge in [0.25, 0.3) is 11.1 Å². The third kappa shape index (κ3) is 11.3. The van der Waals surface area contributed by atoms with Crippen LogP contribution in [-0.4, -0.2) is 102 Å². The number of imidazole rings is 1. The van der Waals surface area contributed by atoms with Crippen LogP contribution in [0.1, 0.15) is 82.2 Å². The van der Waals surface area contributed by atoms with Crippen LogP contribution in [0.3, 0.4) is 0 Å². The molecule has 3 N–H and O–H groups in total. The number of rotatable bonds is 20. The molecule has 0 bridgehead atoms. The number of hydrogen-bond acceptors (Lipinski definition) is 14. The van der Waals surface area contributed by atoms with Gasteiger partial charge in [-0.1, -0.05) is 89.2 Å². The van der Waals surface area contributed by atoms with E-state index < -0.39 is 64.3 Å². The minimum absolute atomic E-state index is 0.00859. The molecule has 6 aromatic rings. The summed E-state index contributed by atoms with van der Waals surface area (Å²) in [5.41, 5.74) is 0.909. The van der Waals surface area contributed by atoms with E-state index in [1.807, 2.05) is 85.5 Å². The van der Waals surface area contributed by atoms with E-state index in [4.69, 9.17) is 42.1 Å². The second kappa shape index (κ2) is 21.9. The van der Waals surface area contributed by atoms with Crippen molar-refractivity contribution in [2.45, 2.75) is 115 Å². The number of aromatic nitrogens is 6. The minimum Gasteiger partial charge on any atom is -0.497 e. The van der Waals surface area contributed by atoms with Gasteiger partial charge in [0.2, 0.25) is 5.95 Å². The summed E-state index contributed by atoms with van der Waals surface area (Å²) in [7, 11) is -0.705. The maximum Gasteiger partial charge on any atom is 0.330 e. The third-order valence-electron chi connectivity index (χ3n) is 13.8. The Hall–Kier alpha value is -5.50. The normalized spacial score (nSPS) is 21.1. The second-order valence-corrected chi connectivity index (χ2v) is 26.4. The van der Waals surface area contributed by atoms with Crippen molar-refractivity contribution in [1.82, 2.24) is 29.1 Å². The number of benzene rings is 3. The highest BCUT2D eigenvalue weighted by atomic mass is 31.2. The average Bonchev–Trinajstić information content (AvgIpc) is 4.08. The van der Waals surface area contributed by atoms with Crippen molar-refractivity contribution in [1.29, 1.82) is 0 Å². The lowest BCUT2D eigenvalue weighted by Crippen LogP contribution is -2.46. The van der Waals surface area contributed by atoms with Crippen molar-refractivity contribution >= 4 is 33.8 Å². The average molecular weight is 1030 g/mol. The SMILES string of the molecule is COc1ccc(C(OC[C@H]2O[C@@H](n3cc(C)c(=O)[nH]c3=O)C[C@@H]2OP(C)OC[C@H]2O[C@@H](n3cnc4c(=O)[nH]c(NCC(C)C)nc43)C[C@@H]2O[Si](C)(C)C(C)(C)C)(c2ccccc2)c2ccc(OC)cc2)cc1. The molecule has 2 fully saturated rings. The Kier molecular flexibility index (Phi) is 16.1. The van der Waals surface area contributed by atoms with E-state index in [0.717, 1.165) is 16.7 Å². The molecule has 20 heteroatoms. The van der Waals surface area contributed by atoms with Crippen LogP contribution in [0.25, 0.3) is 11.2 Å². The van der Waals surface area contributed by atoms with Crippen LogP contribution in [0.4, 0.5) is 5.95 Å². The number of fused-ring (bicyclic) bond motifs is 1. The molecule has 3 aromatic carbocycles. The Balaban J connectivity index is 1.08. The van der Waals surface area contributed by atoms with Crippen LogP contribution in [0.2, 0.25) is 18.1 Å². The molecule has 7 atom stereocenters. The fourth-order valence-electron chi connectivity index (χ4n) is 8.83. The van der Waals surface area contributed by atoms with E-state index in [1.165, 1.54) is 10.8 Å². The highest BCUT2D eigenvalue weighted by Crippen LogP contribution is 2.47. The summed E-state index contributed by atoms with van der Waals surface area (Å²) in [4.78, 5) is 53.4. The van der Waals surface area contributed by atoms with E-state index in [0.29, 0.717) is 47.5 Å². The van der Waals surface area contributed by atoms with E-state index >= 15 is 0 Å². The maximum absolute atomic E-state index is 13.4. The number of aromatic amines is 2. The number of nitrogens with one attached hydrogen (secondary N) is 3. The van der Waals surface area contributed by atoms with Crippen LogP contribution >= 0.6 is 8.38 Å². The Bertz CT molecular complexity index is 2910. The fraction of sp³-hybridized carbons (Fsp3) is 0.481. The number of H-pyrrole nitrogens is 2. The molecule has 0 radical (unpaired) electrons. The molecular weight excluding hydrogens is 958 g/mol. The predicted octanol–water partition coefficient (Wildman–Crippen LogP) is 8.38. The predicted molar refractivity (Wildman–Crippen MR) is 279 cm³/mol. The maximum atomic E-state index is 13.4. The van der Waals surface area contributed by atoms with Crippen molar-refractivity contribution in [3.8, 4) is 11.5 Å². The molecular formula is C52H68N7O11PSi. The van der Waals surface area contributed by atoms with Crippen LogP contribution in [0.5, 0.6) is 11.5 Å². The van der Waals surface area contributed by atoms with Crippen molar-refractivity contribution in [2.24, 2.45) is 5.92 Å². The van der Waals surface area contributed by atoms with E-state index in [-0.39, 0.29) is 41.9 Å². The Labute approximate surface area is 421 Å². The van der Waals surface area contributed by atoms with Gasteiger partial charge in [0.05, 0.1) is 46.0 Å². The Morgan fingerprint density at radius 3 is 1.99 bits per heavy atom. The van der Waals surface area contributed by atoms with Gasteiger partial charge < -0.3 is 42.5 Å². The lowest BCUT2D eigenvalue weighted by Gasteiger charge is -2.39. The largest absolute Gasteiger partial charge is 0.497 e. The monoisotopic (exact) mass is 1030 g/mol. The zero-order valence-corrected chi connectivity index (χ0v) is 44.9. The molecule has 5 heterocycles. The lowest BCUT2D eigenvalue weighted by atomic mass is 9.80. The molecule has 0 aliphatic carbocycles. The first-order valence-corrected chi connectivity index (χ1v) is 28.9. The molecule has 1 unspecified atom stereocenters. The van der Waals surface area contributed by atoms with Gasteiger partial charge in [-0.25, -0.2) is 9.78 Å². The lowest BCUT2D eigenvalue weighted by molar-refractivity contribution is -0.0921. The first-order chi connectivity index (χ1) is 34.3. The zero-order valence-electron chi connectivity index (χ0n) is 43.0. The quantitative estimate of drug-likeness (QED) is 0.0374. The van der Waals surface area contributed by atoms with Gasteiger partial charge in [-0.2, -0.15) is 4.98 Å². The number of hydrogen-bond donors (Lipinski definition) is 3. The highest BCUT2D eigenvalue weighted by molar-refractivity contribution is 7.46. The molecule has 18 nitrogen and oxygen atoms in total. The molecule has 2 saturated heterocycles. The van der Waals surface area contributed by atoms with Crippen LogP contribution < -0.4 is 31.6 Å². The molecule has 3 aromatic heterocycles. The van der Waals surface area contributed by atoms with Crippen molar-refractivity contribution in [3.63, 3.8) is 0 Å². The standard InChI is InChI=1S/C52H68N7O11PSi/c1-32(2)27-53-49-55-46-45(48(61)56-49)54-31-59(46)44-26-40(70-72(10,11)51(4,5)6)42(68-44)30-66-71(9)69-39-25-43(58-28-33(3)47(60)57-50(58)62)67-41(39)29-65-52(34-15-13-12-14-16-34,35-17-21-37(63-7)22-18-35)36-19-23-38(64-8)24-20-36/h12-24,28,31-32,39-44H,25-27,29-30H2,1-11H3,(H,57,60,62)(H2,53,55,56,61)/t39-,40-,41+,42+,43+,44+,71?/m0/s1. The number of methoxy groups -OCH3 is 2. The van der Waals surface area contributed by atoms with Crippen molar-refractivity contribution in [2.75, 3.05) is 46.0 Å². The van der Waals surface area contributed by atoms with Gasteiger partial charge >= 0.3 is 5.69 Å². The van der Waals surface area contributed by atoms with Gasteiger partial charge in [-0.05, 0) is 71.9 Å². The minimum atomic E-state index is -2.33. The summed E-state index contributed by atoms with van der Waals surface area (Å²) in [6.07, 6.45) is 0.193. The van der Waals surface area contributed by atoms with Gasteiger partial charge in [-0.3, -0.25) is 28.7 Å². The second-order valence-electron chi connectivity index (χ2n) is 20.3. The summed E-state index contributed by atoms with van der Waals surface area (Å²) < 4.78 is 55.7. The van der Waals surface area contributed by atoms with Crippen molar-refractivity contribution in [3.05, 3.63) is 145 Å². The van der Waals surface area contributed by atoms with Gasteiger partial charge in [0, 0.05) is 37.8 Å². The van der Waals surface area contributed by atoms with Crippen LogP contribution in [-0.2, 0) is 33.3 Å². The summed E-state index contributed by atoms with van der Waals surface area (Å²) in [5, 5.41) is 3.13. The van der Waals surface area contributed by atoms with Gasteiger partial charge in [0.1, 0.15) is 41.8 Å². The molecule has 8 rings (SSSR count). The van der Waals surface area contributed by atoms with E-state index in [1.54, 1.807) is 32.0 Å². The van der Waals surface area contributed by atoms with Crippen LogP contribution in [0, 0.1) is 12.8 Å². The molecule has 2 aliphatic rings. The fourth-order valence-corrected chi connectivity index (χ4v) is 11.2. The van der Waals surface area contributed by atoms with E-state index in [9.17, 15) is 14.4 Å². The van der Waals surface area contributed by atoms with Gasteiger partial charge in [0.15, 0.2) is 27.9 Å². The summed E-state index contributed by atoms with van der Waals surface area (Å²) in [5.74, 6) is 2.07. The van der Waals surface area contributed by atoms with Gasteiger partial charge in [-0.15, -0.1) is 0 Å². The zero-order chi connectivity index (χ0) is 51.5. The smallest absolute Gasteiger partial charge is 0.330 e. The molecule has 0 spiro atoms. The Morgan fingerprint density at radius 2 is 1.39 bits per heavy atom. The van der Waals surface area contributed by atoms with E-state index in [2.05, 4.69) is 68.0 Å². The Morgan fingerprint density at radius 1 is 0.806 bits per heavy atom. The first kappa shape index (κ1) is 52.8. The molecule has 386 valence electrons. The van der Waals surface area contributed by atoms with Crippen molar-refractivity contribution < 1.29 is 37.2 Å². The van der Waals surface area contributed by atoms with Crippen LogP contribution in [0.15, 0.2) is 106 Å². The number of aryl methyl sites for hydroxylation is 1. The first-order valence-electron chi connectivity index (χ1n) is 24.3. The third-order valence-corrected chi connectivity index (χ3v) is 19.4. The number of anilines is 1. The molecule has 2 aliphatic heterocycles. The highest BCUT2D eigenvalue weighted by Gasteiger charge is 2.47. The number of ether oxygens (including phenoxy) is 5. The molecule has 72 heavy (non-hydrogen) atoms.